The lowest BCUT2D eigenvalue weighted by Gasteiger charge is -2.30. The molecule has 1 aliphatic rings. The number of aromatic nitrogens is 1. The van der Waals surface area contributed by atoms with E-state index in [1.807, 2.05) is 14.0 Å². The van der Waals surface area contributed by atoms with Gasteiger partial charge in [0.1, 0.15) is 0 Å². The second-order valence-electron chi connectivity index (χ2n) is 6.91. The molecule has 0 radical (unpaired) electrons. The summed E-state index contributed by atoms with van der Waals surface area (Å²) in [5.41, 5.74) is 2.50. The molecule has 6 heteroatoms. The largest absolute Gasteiger partial charge is 0.361 e. The Morgan fingerprint density at radius 3 is 3.00 bits per heavy atom. The van der Waals surface area contributed by atoms with Crippen LogP contribution in [0.3, 0.4) is 0 Å². The smallest absolute Gasteiger partial charge is 0.191 e. The molecule has 26 heavy (non-hydrogen) atoms. The van der Waals surface area contributed by atoms with Gasteiger partial charge in [-0.3, -0.25) is 9.20 Å². The Balaban J connectivity index is 1.50. The van der Waals surface area contributed by atoms with E-state index in [1.54, 1.807) is 0 Å². The second kappa shape index (κ2) is 9.21. The topological polar surface area (TPSA) is 69.3 Å². The van der Waals surface area contributed by atoms with Crippen molar-refractivity contribution in [3.8, 4) is 0 Å². The number of hydrogen-bond donors (Lipinski definition) is 3. The Labute approximate surface area is 158 Å². The summed E-state index contributed by atoms with van der Waals surface area (Å²) in [5, 5.41) is 8.57. The van der Waals surface area contributed by atoms with E-state index in [4.69, 9.17) is 0 Å². The third-order valence-corrected chi connectivity index (χ3v) is 6.95. The van der Waals surface area contributed by atoms with Gasteiger partial charge in [-0.15, -0.1) is 0 Å². The standard InChI is InChI=1S/C20H30N4OS/c1-3-26(25)17-8-6-7-16(13-17)24-20(21-2)22-12-11-15-14-23-19-10-5-4-9-18(15)19/h4-5,9-10,14,16-17,23H,3,6-8,11-13H2,1-2H3,(H2,21,22,24). The highest BCUT2D eigenvalue weighted by atomic mass is 32.2. The maximum atomic E-state index is 12.1. The molecule has 3 rings (SSSR count). The Morgan fingerprint density at radius 2 is 2.19 bits per heavy atom. The first kappa shape index (κ1) is 19.0. The molecule has 1 aliphatic carbocycles. The van der Waals surface area contributed by atoms with Crippen LogP contribution in [0.25, 0.3) is 10.9 Å². The zero-order chi connectivity index (χ0) is 18.4. The molecule has 3 unspecified atom stereocenters. The van der Waals surface area contributed by atoms with Gasteiger partial charge in [-0.05, 0) is 37.3 Å². The van der Waals surface area contributed by atoms with Gasteiger partial charge in [-0.2, -0.15) is 0 Å². The Bertz CT molecular complexity index is 770. The van der Waals surface area contributed by atoms with Crippen molar-refractivity contribution in [1.29, 1.82) is 0 Å². The lowest BCUT2D eigenvalue weighted by atomic mass is 9.95. The number of hydrogen-bond acceptors (Lipinski definition) is 2. The van der Waals surface area contributed by atoms with E-state index >= 15 is 0 Å². The molecule has 1 aromatic carbocycles. The maximum Gasteiger partial charge on any atom is 0.191 e. The molecular formula is C20H30N4OS. The summed E-state index contributed by atoms with van der Waals surface area (Å²) in [6.07, 6.45) is 7.36. The summed E-state index contributed by atoms with van der Waals surface area (Å²) in [6.45, 7) is 2.84. The van der Waals surface area contributed by atoms with Gasteiger partial charge in [-0.1, -0.05) is 31.5 Å². The monoisotopic (exact) mass is 374 g/mol. The fourth-order valence-corrected chi connectivity index (χ4v) is 5.14. The van der Waals surface area contributed by atoms with Gasteiger partial charge in [-0.25, -0.2) is 0 Å². The molecule has 2 aromatic rings. The van der Waals surface area contributed by atoms with E-state index in [2.05, 4.69) is 51.1 Å². The van der Waals surface area contributed by atoms with E-state index in [9.17, 15) is 4.21 Å². The Kier molecular flexibility index (Phi) is 6.72. The molecule has 1 fully saturated rings. The molecule has 3 atom stereocenters. The van der Waals surface area contributed by atoms with Crippen LogP contribution in [-0.4, -0.2) is 45.8 Å². The summed E-state index contributed by atoms with van der Waals surface area (Å²) < 4.78 is 12.1. The fourth-order valence-electron chi connectivity index (χ4n) is 3.79. The van der Waals surface area contributed by atoms with Gasteiger partial charge in [0.05, 0.1) is 0 Å². The number of aliphatic imine (C=N–C) groups is 1. The highest BCUT2D eigenvalue weighted by molar-refractivity contribution is 7.85. The van der Waals surface area contributed by atoms with E-state index < -0.39 is 10.8 Å². The number of para-hydroxylation sites is 1. The molecule has 142 valence electrons. The minimum Gasteiger partial charge on any atom is -0.361 e. The van der Waals surface area contributed by atoms with Crippen molar-refractivity contribution in [2.24, 2.45) is 4.99 Å². The molecule has 0 aliphatic heterocycles. The molecule has 1 saturated carbocycles. The van der Waals surface area contributed by atoms with Crippen LogP contribution in [0.4, 0.5) is 0 Å². The third-order valence-electron chi connectivity index (χ3n) is 5.21. The number of rotatable bonds is 6. The quantitative estimate of drug-likeness (QED) is 0.538. The Morgan fingerprint density at radius 1 is 1.35 bits per heavy atom. The van der Waals surface area contributed by atoms with Gasteiger partial charge in [0, 0.05) is 58.5 Å². The van der Waals surface area contributed by atoms with E-state index in [0.717, 1.165) is 50.4 Å². The van der Waals surface area contributed by atoms with Crippen LogP contribution in [0, 0.1) is 0 Å². The zero-order valence-electron chi connectivity index (χ0n) is 15.8. The molecule has 0 spiro atoms. The predicted octanol–water partition coefficient (Wildman–Crippen LogP) is 2.96. The highest BCUT2D eigenvalue weighted by Gasteiger charge is 2.25. The first-order valence-electron chi connectivity index (χ1n) is 9.60. The maximum absolute atomic E-state index is 12.1. The minimum absolute atomic E-state index is 0.329. The predicted molar refractivity (Wildman–Crippen MR) is 111 cm³/mol. The van der Waals surface area contributed by atoms with Crippen molar-refractivity contribution in [2.75, 3.05) is 19.3 Å². The number of benzene rings is 1. The lowest BCUT2D eigenvalue weighted by Crippen LogP contribution is -2.47. The van der Waals surface area contributed by atoms with Crippen LogP contribution >= 0.6 is 0 Å². The van der Waals surface area contributed by atoms with Crippen molar-refractivity contribution >= 4 is 27.7 Å². The van der Waals surface area contributed by atoms with E-state index in [1.165, 1.54) is 16.5 Å². The first-order chi connectivity index (χ1) is 12.7. The third kappa shape index (κ3) is 4.67. The minimum atomic E-state index is -0.694. The fraction of sp³-hybridized carbons (Fsp3) is 0.550. The van der Waals surface area contributed by atoms with Crippen LogP contribution in [0.2, 0.25) is 0 Å². The number of nitrogens with one attached hydrogen (secondary N) is 3. The van der Waals surface area contributed by atoms with E-state index in [-0.39, 0.29) is 0 Å². The molecule has 0 saturated heterocycles. The van der Waals surface area contributed by atoms with Crippen molar-refractivity contribution < 1.29 is 4.21 Å². The molecule has 1 aromatic heterocycles. The summed E-state index contributed by atoms with van der Waals surface area (Å²) in [7, 11) is 1.12. The van der Waals surface area contributed by atoms with Crippen molar-refractivity contribution in [2.45, 2.75) is 50.3 Å². The van der Waals surface area contributed by atoms with Crippen LogP contribution < -0.4 is 10.6 Å². The van der Waals surface area contributed by atoms with E-state index in [0.29, 0.717) is 11.3 Å². The van der Waals surface area contributed by atoms with Crippen LogP contribution in [0.5, 0.6) is 0 Å². The molecular weight excluding hydrogens is 344 g/mol. The Hall–Kier alpha value is -1.82. The molecule has 5 nitrogen and oxygen atoms in total. The van der Waals surface area contributed by atoms with Gasteiger partial charge < -0.3 is 15.6 Å². The van der Waals surface area contributed by atoms with Crippen LogP contribution in [-0.2, 0) is 17.2 Å². The lowest BCUT2D eigenvalue weighted by molar-refractivity contribution is 0.413. The number of H-pyrrole nitrogens is 1. The molecule has 1 heterocycles. The van der Waals surface area contributed by atoms with Crippen molar-refractivity contribution in [3.05, 3.63) is 36.0 Å². The number of nitrogens with zero attached hydrogens (tertiary/aromatic N) is 1. The second-order valence-corrected chi connectivity index (χ2v) is 8.91. The normalized spacial score (nSPS) is 22.3. The van der Waals surface area contributed by atoms with Gasteiger partial charge in [0.15, 0.2) is 5.96 Å². The number of fused-ring (bicyclic) bond motifs is 1. The molecule has 0 amide bonds. The summed E-state index contributed by atoms with van der Waals surface area (Å²) in [6, 6.07) is 8.75. The summed E-state index contributed by atoms with van der Waals surface area (Å²) >= 11 is 0. The molecule has 3 N–H and O–H groups in total. The zero-order valence-corrected chi connectivity index (χ0v) is 16.6. The van der Waals surface area contributed by atoms with Gasteiger partial charge in [0.2, 0.25) is 0 Å². The van der Waals surface area contributed by atoms with Gasteiger partial charge in [0.25, 0.3) is 0 Å². The van der Waals surface area contributed by atoms with Crippen LogP contribution in [0.1, 0.15) is 38.2 Å². The average molecular weight is 375 g/mol. The summed E-state index contributed by atoms with van der Waals surface area (Å²) in [5.74, 6) is 1.60. The number of guanidine groups is 1. The van der Waals surface area contributed by atoms with Crippen molar-refractivity contribution in [1.82, 2.24) is 15.6 Å². The average Bonchev–Trinajstić information content (AvgIpc) is 3.10. The molecule has 0 bridgehead atoms. The number of aromatic amines is 1. The van der Waals surface area contributed by atoms with Crippen LogP contribution in [0.15, 0.2) is 35.5 Å². The highest BCUT2D eigenvalue weighted by Crippen LogP contribution is 2.23. The van der Waals surface area contributed by atoms with Crippen molar-refractivity contribution in [3.63, 3.8) is 0 Å². The van der Waals surface area contributed by atoms with Gasteiger partial charge >= 0.3 is 0 Å². The first-order valence-corrected chi connectivity index (χ1v) is 11.0. The summed E-state index contributed by atoms with van der Waals surface area (Å²) in [4.78, 5) is 7.69. The SMILES string of the molecule is CCS(=O)C1CCCC(NC(=NC)NCCc2c[nH]c3ccccc23)C1.